The molecule has 0 radical (unpaired) electrons. The summed E-state index contributed by atoms with van der Waals surface area (Å²) in [6.45, 7) is 2.18. The van der Waals surface area contributed by atoms with Gasteiger partial charge < -0.3 is 15.0 Å². The van der Waals surface area contributed by atoms with Crippen molar-refractivity contribution in [1.29, 1.82) is 0 Å². The summed E-state index contributed by atoms with van der Waals surface area (Å²) in [5, 5.41) is 13.8. The Morgan fingerprint density at radius 1 is 1.23 bits per heavy atom. The molecular weight excluding hydrogens is 334 g/mol. The first-order valence-corrected chi connectivity index (χ1v) is 8.34. The molecular formula is C19H23N3O4. The second kappa shape index (κ2) is 9.53. The topological polar surface area (TPSA) is 84.7 Å². The lowest BCUT2D eigenvalue weighted by molar-refractivity contribution is -0.385. The molecule has 7 heteroatoms. The molecule has 0 aliphatic heterocycles. The smallest absolute Gasteiger partial charge is 0.311 e. The average molecular weight is 357 g/mol. The predicted molar refractivity (Wildman–Crippen MR) is 99.4 cm³/mol. The van der Waals surface area contributed by atoms with Crippen LogP contribution in [0.4, 0.5) is 5.69 Å². The summed E-state index contributed by atoms with van der Waals surface area (Å²) in [5.41, 5.74) is 1.27. The largest absolute Gasteiger partial charge is 0.490 e. The van der Waals surface area contributed by atoms with Gasteiger partial charge in [0.25, 0.3) is 5.91 Å². The van der Waals surface area contributed by atoms with E-state index in [9.17, 15) is 14.9 Å². The van der Waals surface area contributed by atoms with Gasteiger partial charge in [0.05, 0.1) is 12.0 Å². The summed E-state index contributed by atoms with van der Waals surface area (Å²) < 4.78 is 4.94. The standard InChI is InChI=1S/C19H23N3O4/c1-21(14-15-7-4-3-5-8-15)12-6-11-20-19(23)16-9-10-18(26-2)17(13-16)22(24)25/h3-5,7-10,13H,6,11-12,14H2,1-2H3,(H,20,23). The van der Waals surface area contributed by atoms with Crippen LogP contribution in [-0.2, 0) is 6.54 Å². The SMILES string of the molecule is COc1ccc(C(=O)NCCCN(C)Cc2ccccc2)cc1[N+](=O)[O-]. The maximum absolute atomic E-state index is 12.2. The van der Waals surface area contributed by atoms with Crippen molar-refractivity contribution in [3.8, 4) is 5.75 Å². The van der Waals surface area contributed by atoms with Crippen molar-refractivity contribution in [1.82, 2.24) is 10.2 Å². The number of benzene rings is 2. The molecule has 1 amide bonds. The molecule has 0 unspecified atom stereocenters. The van der Waals surface area contributed by atoms with Gasteiger partial charge in [0, 0.05) is 24.7 Å². The lowest BCUT2D eigenvalue weighted by Gasteiger charge is -2.16. The summed E-state index contributed by atoms with van der Waals surface area (Å²) in [7, 11) is 3.38. The molecule has 0 fully saturated rings. The Balaban J connectivity index is 1.80. The van der Waals surface area contributed by atoms with Gasteiger partial charge in [0.1, 0.15) is 0 Å². The second-order valence-corrected chi connectivity index (χ2v) is 5.98. The first-order chi connectivity index (χ1) is 12.5. The van der Waals surface area contributed by atoms with Crippen molar-refractivity contribution in [2.45, 2.75) is 13.0 Å². The molecule has 138 valence electrons. The normalized spacial score (nSPS) is 10.6. The van der Waals surface area contributed by atoms with E-state index in [-0.39, 0.29) is 22.9 Å². The van der Waals surface area contributed by atoms with E-state index in [2.05, 4.69) is 22.3 Å². The molecule has 0 saturated carbocycles. The first-order valence-electron chi connectivity index (χ1n) is 8.34. The van der Waals surface area contributed by atoms with Gasteiger partial charge >= 0.3 is 5.69 Å². The van der Waals surface area contributed by atoms with Gasteiger partial charge in [-0.15, -0.1) is 0 Å². The Morgan fingerprint density at radius 2 is 1.96 bits per heavy atom. The number of nitro groups is 1. The van der Waals surface area contributed by atoms with Crippen LogP contribution in [0.5, 0.6) is 5.75 Å². The van der Waals surface area contributed by atoms with Gasteiger partial charge in [-0.05, 0) is 37.7 Å². The van der Waals surface area contributed by atoms with E-state index in [0.29, 0.717) is 6.54 Å². The molecule has 7 nitrogen and oxygen atoms in total. The van der Waals surface area contributed by atoms with E-state index in [1.165, 1.54) is 30.9 Å². The van der Waals surface area contributed by atoms with Gasteiger partial charge in [0.15, 0.2) is 5.75 Å². The van der Waals surface area contributed by atoms with Crippen LogP contribution in [0.25, 0.3) is 0 Å². The average Bonchev–Trinajstić information content (AvgIpc) is 2.65. The summed E-state index contributed by atoms with van der Waals surface area (Å²) in [6, 6.07) is 14.3. The number of rotatable bonds is 9. The minimum Gasteiger partial charge on any atom is -0.490 e. The number of carbonyl (C=O) groups is 1. The van der Waals surface area contributed by atoms with Crippen LogP contribution in [0, 0.1) is 10.1 Å². The summed E-state index contributed by atoms with van der Waals surface area (Å²) >= 11 is 0. The molecule has 26 heavy (non-hydrogen) atoms. The van der Waals surface area contributed by atoms with Crippen LogP contribution in [0.2, 0.25) is 0 Å². The molecule has 1 N–H and O–H groups in total. The predicted octanol–water partition coefficient (Wildman–Crippen LogP) is 2.86. The zero-order chi connectivity index (χ0) is 18.9. The van der Waals surface area contributed by atoms with Gasteiger partial charge in [-0.25, -0.2) is 0 Å². The Kier molecular flexibility index (Phi) is 7.11. The third-order valence-electron chi connectivity index (χ3n) is 3.94. The van der Waals surface area contributed by atoms with Crippen molar-refractivity contribution < 1.29 is 14.5 Å². The zero-order valence-electron chi connectivity index (χ0n) is 15.0. The van der Waals surface area contributed by atoms with Gasteiger partial charge in [-0.2, -0.15) is 0 Å². The third kappa shape index (κ3) is 5.56. The van der Waals surface area contributed by atoms with Crippen LogP contribution in [0.1, 0.15) is 22.3 Å². The van der Waals surface area contributed by atoms with E-state index in [1.807, 2.05) is 25.2 Å². The number of ether oxygens (including phenoxy) is 1. The Bertz CT molecular complexity index is 750. The number of nitrogens with zero attached hydrogens (tertiary/aromatic N) is 2. The van der Waals surface area contributed by atoms with E-state index in [0.717, 1.165) is 19.5 Å². The molecule has 0 aromatic heterocycles. The fraction of sp³-hybridized carbons (Fsp3) is 0.316. The lowest BCUT2D eigenvalue weighted by atomic mass is 10.1. The van der Waals surface area contributed by atoms with Gasteiger partial charge in [-0.3, -0.25) is 14.9 Å². The second-order valence-electron chi connectivity index (χ2n) is 5.98. The summed E-state index contributed by atoms with van der Waals surface area (Å²) in [5.74, 6) is -0.199. The Hall–Kier alpha value is -2.93. The number of methoxy groups -OCH3 is 1. The number of nitro benzene ring substituents is 1. The van der Waals surface area contributed by atoms with Crippen LogP contribution < -0.4 is 10.1 Å². The van der Waals surface area contributed by atoms with Crippen LogP contribution in [0.3, 0.4) is 0 Å². The highest BCUT2D eigenvalue weighted by atomic mass is 16.6. The molecule has 0 aliphatic rings. The van der Waals surface area contributed by atoms with Crippen molar-refractivity contribution in [3.63, 3.8) is 0 Å². The quantitative estimate of drug-likeness (QED) is 0.424. The number of amides is 1. The fourth-order valence-electron chi connectivity index (χ4n) is 2.60. The highest BCUT2D eigenvalue weighted by Gasteiger charge is 2.17. The number of hydrogen-bond acceptors (Lipinski definition) is 5. The molecule has 2 aromatic carbocycles. The molecule has 0 aliphatic carbocycles. The molecule has 2 aromatic rings. The van der Waals surface area contributed by atoms with Crippen molar-refractivity contribution in [2.24, 2.45) is 0 Å². The first kappa shape index (κ1) is 19.4. The molecule has 0 heterocycles. The fourth-order valence-corrected chi connectivity index (χ4v) is 2.60. The van der Waals surface area contributed by atoms with Crippen molar-refractivity contribution in [3.05, 3.63) is 69.8 Å². The summed E-state index contributed by atoms with van der Waals surface area (Å²) in [6.07, 6.45) is 0.785. The van der Waals surface area contributed by atoms with Crippen molar-refractivity contribution >= 4 is 11.6 Å². The molecule has 0 saturated heterocycles. The molecule has 0 bridgehead atoms. The third-order valence-corrected chi connectivity index (χ3v) is 3.94. The van der Waals surface area contributed by atoms with E-state index >= 15 is 0 Å². The Morgan fingerprint density at radius 3 is 2.62 bits per heavy atom. The molecule has 0 spiro atoms. The summed E-state index contributed by atoms with van der Waals surface area (Å²) in [4.78, 5) is 24.8. The maximum atomic E-state index is 12.2. The monoisotopic (exact) mass is 357 g/mol. The van der Waals surface area contributed by atoms with Crippen LogP contribution in [0.15, 0.2) is 48.5 Å². The van der Waals surface area contributed by atoms with Crippen LogP contribution >= 0.6 is 0 Å². The van der Waals surface area contributed by atoms with E-state index < -0.39 is 4.92 Å². The van der Waals surface area contributed by atoms with Gasteiger partial charge in [-0.1, -0.05) is 30.3 Å². The highest BCUT2D eigenvalue weighted by Crippen LogP contribution is 2.27. The maximum Gasteiger partial charge on any atom is 0.311 e. The van der Waals surface area contributed by atoms with Crippen molar-refractivity contribution in [2.75, 3.05) is 27.2 Å². The number of carbonyl (C=O) groups excluding carboxylic acids is 1. The van der Waals surface area contributed by atoms with Crippen LogP contribution in [-0.4, -0.2) is 43.0 Å². The van der Waals surface area contributed by atoms with E-state index in [4.69, 9.17) is 4.74 Å². The number of hydrogen-bond donors (Lipinski definition) is 1. The zero-order valence-corrected chi connectivity index (χ0v) is 15.0. The Labute approximate surface area is 152 Å². The number of nitrogens with one attached hydrogen (secondary N) is 1. The highest BCUT2D eigenvalue weighted by molar-refractivity contribution is 5.95. The molecule has 2 rings (SSSR count). The van der Waals surface area contributed by atoms with Gasteiger partial charge in [0.2, 0.25) is 0 Å². The lowest BCUT2D eigenvalue weighted by Crippen LogP contribution is -2.28. The molecule has 0 atom stereocenters. The van der Waals surface area contributed by atoms with E-state index in [1.54, 1.807) is 0 Å². The minimum atomic E-state index is -0.561. The minimum absolute atomic E-state index is 0.133.